The lowest BCUT2D eigenvalue weighted by Crippen LogP contribution is -2.36. The quantitative estimate of drug-likeness (QED) is 0.851. The molecule has 21 heavy (non-hydrogen) atoms. The lowest BCUT2D eigenvalue weighted by molar-refractivity contribution is 0.0293. The van der Waals surface area contributed by atoms with E-state index in [2.05, 4.69) is 26.2 Å². The third kappa shape index (κ3) is 4.49. The number of nitrogens with two attached hydrogens (primary N) is 1. The van der Waals surface area contributed by atoms with Gasteiger partial charge in [0, 0.05) is 29.8 Å². The molecule has 0 spiro atoms. The number of hydrogen-bond donors (Lipinski definition) is 2. The number of nitrogens with one attached hydrogen (secondary N) is 1. The fourth-order valence-corrected chi connectivity index (χ4v) is 2.49. The van der Waals surface area contributed by atoms with Crippen LogP contribution < -0.4 is 11.1 Å². The Labute approximate surface area is 133 Å². The van der Waals surface area contributed by atoms with E-state index in [9.17, 15) is 4.79 Å². The first kappa shape index (κ1) is 15.9. The summed E-state index contributed by atoms with van der Waals surface area (Å²) in [6.45, 7) is 6.87. The fraction of sp³-hybridized carbons (Fsp3) is 0.571. The summed E-state index contributed by atoms with van der Waals surface area (Å²) in [5.41, 5.74) is 6.15. The SMILES string of the molecule is CC(C)(C)OC(=O)N1CC[C@@H](Nc2cc(Br)cnc2N)C1. The van der Waals surface area contributed by atoms with Gasteiger partial charge < -0.3 is 20.7 Å². The van der Waals surface area contributed by atoms with Crippen molar-refractivity contribution in [2.75, 3.05) is 24.1 Å². The molecule has 0 saturated carbocycles. The van der Waals surface area contributed by atoms with E-state index < -0.39 is 5.60 Å². The minimum atomic E-state index is -0.471. The molecule has 3 N–H and O–H groups in total. The van der Waals surface area contributed by atoms with Crippen molar-refractivity contribution in [3.8, 4) is 0 Å². The number of carbonyl (C=O) groups excluding carboxylic acids is 1. The Bertz CT molecular complexity index is 530. The van der Waals surface area contributed by atoms with E-state index in [1.165, 1.54) is 0 Å². The average Bonchev–Trinajstić information content (AvgIpc) is 2.80. The van der Waals surface area contributed by atoms with Gasteiger partial charge in [0.2, 0.25) is 0 Å². The molecule has 2 rings (SSSR count). The molecule has 116 valence electrons. The van der Waals surface area contributed by atoms with Gasteiger partial charge in [0.1, 0.15) is 11.4 Å². The van der Waals surface area contributed by atoms with Gasteiger partial charge in [-0.2, -0.15) is 0 Å². The van der Waals surface area contributed by atoms with E-state index >= 15 is 0 Å². The summed E-state index contributed by atoms with van der Waals surface area (Å²) in [5, 5.41) is 3.33. The van der Waals surface area contributed by atoms with E-state index in [0.29, 0.717) is 18.9 Å². The highest BCUT2D eigenvalue weighted by Gasteiger charge is 2.29. The zero-order valence-electron chi connectivity index (χ0n) is 12.5. The van der Waals surface area contributed by atoms with Crippen LogP contribution in [0.2, 0.25) is 0 Å². The number of anilines is 2. The maximum absolute atomic E-state index is 12.0. The minimum absolute atomic E-state index is 0.149. The van der Waals surface area contributed by atoms with E-state index in [4.69, 9.17) is 10.5 Å². The molecular formula is C14H21BrN4O2. The number of halogens is 1. The molecule has 0 aromatic carbocycles. The zero-order valence-corrected chi connectivity index (χ0v) is 14.1. The lowest BCUT2D eigenvalue weighted by Gasteiger charge is -2.24. The molecule has 2 heterocycles. The third-order valence-corrected chi connectivity index (χ3v) is 3.52. The van der Waals surface area contributed by atoms with Crippen LogP contribution in [0.1, 0.15) is 27.2 Å². The Balaban J connectivity index is 1.93. The zero-order chi connectivity index (χ0) is 15.6. The molecular weight excluding hydrogens is 336 g/mol. The van der Waals surface area contributed by atoms with Crippen LogP contribution >= 0.6 is 15.9 Å². The molecule has 1 fully saturated rings. The number of amides is 1. The van der Waals surface area contributed by atoms with Gasteiger partial charge in [-0.25, -0.2) is 9.78 Å². The Morgan fingerprint density at radius 2 is 2.29 bits per heavy atom. The third-order valence-electron chi connectivity index (χ3n) is 3.08. The summed E-state index contributed by atoms with van der Waals surface area (Å²) in [6.07, 6.45) is 2.24. The van der Waals surface area contributed by atoms with E-state index in [0.717, 1.165) is 16.6 Å². The number of hydrogen-bond acceptors (Lipinski definition) is 5. The lowest BCUT2D eigenvalue weighted by atomic mass is 10.2. The van der Waals surface area contributed by atoms with Crippen LogP contribution in [0.4, 0.5) is 16.3 Å². The molecule has 1 amide bonds. The van der Waals surface area contributed by atoms with Gasteiger partial charge in [0.05, 0.1) is 5.69 Å². The van der Waals surface area contributed by atoms with Crippen LogP contribution in [0.15, 0.2) is 16.7 Å². The maximum Gasteiger partial charge on any atom is 0.410 e. The summed E-state index contributed by atoms with van der Waals surface area (Å²) in [7, 11) is 0. The van der Waals surface area contributed by atoms with Crippen molar-refractivity contribution in [2.45, 2.75) is 38.8 Å². The molecule has 1 aliphatic rings. The van der Waals surface area contributed by atoms with Gasteiger partial charge in [-0.05, 0) is 49.2 Å². The second-order valence-corrected chi connectivity index (χ2v) is 7.06. The molecule has 6 nitrogen and oxygen atoms in total. The van der Waals surface area contributed by atoms with Gasteiger partial charge in [-0.15, -0.1) is 0 Å². The highest BCUT2D eigenvalue weighted by atomic mass is 79.9. The van der Waals surface area contributed by atoms with Crippen LogP contribution in [0.3, 0.4) is 0 Å². The van der Waals surface area contributed by atoms with Crippen molar-refractivity contribution in [1.29, 1.82) is 0 Å². The van der Waals surface area contributed by atoms with E-state index in [1.54, 1.807) is 11.1 Å². The van der Waals surface area contributed by atoms with Crippen LogP contribution in [-0.2, 0) is 4.74 Å². The summed E-state index contributed by atoms with van der Waals surface area (Å²) in [5.74, 6) is 0.453. The number of aromatic nitrogens is 1. The Kier molecular flexibility index (Phi) is 4.61. The predicted molar refractivity (Wildman–Crippen MR) is 86.2 cm³/mol. The number of rotatable bonds is 2. The van der Waals surface area contributed by atoms with Crippen LogP contribution in [0.5, 0.6) is 0 Å². The molecule has 1 aromatic heterocycles. The standard InChI is InChI=1S/C14H21BrN4O2/c1-14(2,3)21-13(20)19-5-4-10(8-19)18-11-6-9(15)7-17-12(11)16/h6-7,10,18H,4-5,8H2,1-3H3,(H2,16,17)/t10-/m1/s1. The Morgan fingerprint density at radius 1 is 1.57 bits per heavy atom. The number of ether oxygens (including phenoxy) is 1. The monoisotopic (exact) mass is 356 g/mol. The molecule has 0 unspecified atom stereocenters. The van der Waals surface area contributed by atoms with Gasteiger partial charge in [0.25, 0.3) is 0 Å². The number of carbonyl (C=O) groups is 1. The van der Waals surface area contributed by atoms with E-state index in [1.807, 2.05) is 26.8 Å². The summed E-state index contributed by atoms with van der Waals surface area (Å²) in [4.78, 5) is 17.8. The smallest absolute Gasteiger partial charge is 0.410 e. The van der Waals surface area contributed by atoms with Crippen LogP contribution in [0.25, 0.3) is 0 Å². The summed E-state index contributed by atoms with van der Waals surface area (Å²) < 4.78 is 6.24. The summed E-state index contributed by atoms with van der Waals surface area (Å²) in [6, 6.07) is 2.04. The van der Waals surface area contributed by atoms with Crippen molar-refractivity contribution >= 4 is 33.5 Å². The second-order valence-electron chi connectivity index (χ2n) is 6.14. The van der Waals surface area contributed by atoms with E-state index in [-0.39, 0.29) is 12.1 Å². The average molecular weight is 357 g/mol. The molecule has 7 heteroatoms. The molecule has 0 radical (unpaired) electrons. The number of likely N-dealkylation sites (tertiary alicyclic amines) is 1. The number of nitrogens with zero attached hydrogens (tertiary/aromatic N) is 2. The molecule has 1 aliphatic heterocycles. The molecule has 1 atom stereocenters. The first-order chi connectivity index (χ1) is 9.74. The van der Waals surface area contributed by atoms with Crippen molar-refractivity contribution in [2.24, 2.45) is 0 Å². The molecule has 0 bridgehead atoms. The van der Waals surface area contributed by atoms with Crippen molar-refractivity contribution in [3.63, 3.8) is 0 Å². The molecule has 1 aromatic rings. The molecule has 0 aliphatic carbocycles. The highest BCUT2D eigenvalue weighted by molar-refractivity contribution is 9.10. The van der Waals surface area contributed by atoms with Crippen LogP contribution in [-0.4, -0.2) is 40.7 Å². The predicted octanol–water partition coefficient (Wildman–Crippen LogP) is 2.85. The van der Waals surface area contributed by atoms with Gasteiger partial charge in [-0.1, -0.05) is 0 Å². The maximum atomic E-state index is 12.0. The summed E-state index contributed by atoms with van der Waals surface area (Å²) >= 11 is 3.37. The van der Waals surface area contributed by atoms with Crippen molar-refractivity contribution in [3.05, 3.63) is 16.7 Å². The van der Waals surface area contributed by atoms with Gasteiger partial charge >= 0.3 is 6.09 Å². The first-order valence-corrected chi connectivity index (χ1v) is 7.69. The van der Waals surface area contributed by atoms with Crippen molar-refractivity contribution < 1.29 is 9.53 Å². The Morgan fingerprint density at radius 3 is 2.95 bits per heavy atom. The van der Waals surface area contributed by atoms with Gasteiger partial charge in [-0.3, -0.25) is 0 Å². The first-order valence-electron chi connectivity index (χ1n) is 6.90. The normalized spacial score (nSPS) is 18.7. The second kappa shape index (κ2) is 6.09. The number of nitrogen functional groups attached to an aromatic ring is 1. The van der Waals surface area contributed by atoms with Crippen LogP contribution in [0, 0.1) is 0 Å². The molecule has 1 saturated heterocycles. The fourth-order valence-electron chi connectivity index (χ4n) is 2.16. The number of pyridine rings is 1. The minimum Gasteiger partial charge on any atom is -0.444 e. The largest absolute Gasteiger partial charge is 0.444 e. The van der Waals surface area contributed by atoms with Gasteiger partial charge in [0.15, 0.2) is 0 Å². The highest BCUT2D eigenvalue weighted by Crippen LogP contribution is 2.24. The topological polar surface area (TPSA) is 80.5 Å². The Hall–Kier alpha value is -1.50. The van der Waals surface area contributed by atoms with Crippen molar-refractivity contribution in [1.82, 2.24) is 9.88 Å².